The third-order valence-electron chi connectivity index (χ3n) is 3.61. The Labute approximate surface area is 143 Å². The van der Waals surface area contributed by atoms with Crippen molar-refractivity contribution in [2.75, 3.05) is 13.7 Å². The van der Waals surface area contributed by atoms with Crippen molar-refractivity contribution in [2.24, 2.45) is 5.10 Å². The Morgan fingerprint density at radius 3 is 2.72 bits per heavy atom. The lowest BCUT2D eigenvalue weighted by Gasteiger charge is -2.11. The van der Waals surface area contributed by atoms with Crippen LogP contribution in [0.4, 0.5) is 0 Å². The zero-order chi connectivity index (χ0) is 17.8. The second-order valence-corrected chi connectivity index (χ2v) is 5.15. The molecule has 1 N–H and O–H groups in total. The molecule has 0 aliphatic carbocycles. The molecule has 0 atom stereocenters. The number of nitrogens with one attached hydrogen (secondary N) is 1. The van der Waals surface area contributed by atoms with Crippen LogP contribution in [0.1, 0.15) is 12.5 Å². The molecule has 0 bridgehead atoms. The van der Waals surface area contributed by atoms with Gasteiger partial charge in [0.2, 0.25) is 0 Å². The van der Waals surface area contributed by atoms with Crippen LogP contribution >= 0.6 is 0 Å². The number of H-pyrrole nitrogens is 1. The molecule has 3 rings (SSSR count). The van der Waals surface area contributed by atoms with E-state index >= 15 is 0 Å². The predicted octanol–water partition coefficient (Wildman–Crippen LogP) is 1.98. The van der Waals surface area contributed by atoms with Gasteiger partial charge in [-0.15, -0.1) is 4.68 Å². The highest BCUT2D eigenvalue weighted by Gasteiger charge is 2.09. The van der Waals surface area contributed by atoms with E-state index in [1.165, 1.54) is 13.3 Å². The molecule has 0 aliphatic rings. The number of hydrogen-bond donors (Lipinski definition) is 1. The van der Waals surface area contributed by atoms with Gasteiger partial charge in [-0.25, -0.2) is 4.79 Å². The summed E-state index contributed by atoms with van der Waals surface area (Å²) in [7, 11) is 1.52. The molecule has 0 amide bonds. The zero-order valence-electron chi connectivity index (χ0n) is 13.9. The van der Waals surface area contributed by atoms with Gasteiger partial charge in [0.15, 0.2) is 11.5 Å². The Balaban J connectivity index is 2.09. The molecule has 0 aliphatic heterocycles. The molecule has 0 saturated heterocycles. The van der Waals surface area contributed by atoms with E-state index in [-0.39, 0.29) is 0 Å². The molecular formula is C18H17N3O4. The third-order valence-corrected chi connectivity index (χ3v) is 3.61. The maximum absolute atomic E-state index is 12.5. The van der Waals surface area contributed by atoms with Gasteiger partial charge >= 0.3 is 5.69 Å². The average Bonchev–Trinajstić information content (AvgIpc) is 2.62. The van der Waals surface area contributed by atoms with Crippen LogP contribution in [-0.4, -0.2) is 29.6 Å². The topological polar surface area (TPSA) is 85.7 Å². The van der Waals surface area contributed by atoms with Crippen molar-refractivity contribution < 1.29 is 9.47 Å². The number of methoxy groups -OCH3 is 1. The van der Waals surface area contributed by atoms with Crippen LogP contribution in [0.3, 0.4) is 0 Å². The van der Waals surface area contributed by atoms with Crippen LogP contribution in [0.15, 0.2) is 57.2 Å². The Morgan fingerprint density at radius 1 is 1.16 bits per heavy atom. The highest BCUT2D eigenvalue weighted by Crippen LogP contribution is 2.29. The number of nitrogens with zero attached hydrogens (tertiary/aromatic N) is 2. The minimum atomic E-state index is -0.611. The number of para-hydroxylation sites is 2. The van der Waals surface area contributed by atoms with Gasteiger partial charge in [0.1, 0.15) is 0 Å². The van der Waals surface area contributed by atoms with Crippen molar-refractivity contribution in [3.63, 3.8) is 0 Å². The molecule has 0 unspecified atom stereocenters. The molecule has 128 valence electrons. The molecular weight excluding hydrogens is 322 g/mol. The van der Waals surface area contributed by atoms with E-state index in [9.17, 15) is 9.59 Å². The summed E-state index contributed by atoms with van der Waals surface area (Å²) in [4.78, 5) is 27.2. The van der Waals surface area contributed by atoms with E-state index in [0.29, 0.717) is 34.6 Å². The molecule has 2 aromatic carbocycles. The first kappa shape index (κ1) is 16.5. The second kappa shape index (κ2) is 7.04. The fraction of sp³-hybridized carbons (Fsp3) is 0.167. The summed E-state index contributed by atoms with van der Waals surface area (Å²) >= 11 is 0. The van der Waals surface area contributed by atoms with E-state index in [1.54, 1.807) is 42.5 Å². The van der Waals surface area contributed by atoms with Crippen LogP contribution in [0.2, 0.25) is 0 Å². The first-order valence-corrected chi connectivity index (χ1v) is 7.74. The minimum absolute atomic E-state index is 0.384. The largest absolute Gasteiger partial charge is 0.492 e. The lowest BCUT2D eigenvalue weighted by atomic mass is 10.2. The second-order valence-electron chi connectivity index (χ2n) is 5.15. The molecule has 1 aromatic heterocycles. The molecule has 7 heteroatoms. The normalized spacial score (nSPS) is 11.1. The minimum Gasteiger partial charge on any atom is -0.492 e. The summed E-state index contributed by atoms with van der Waals surface area (Å²) in [6, 6.07) is 12.1. The lowest BCUT2D eigenvalue weighted by Crippen LogP contribution is -2.32. The maximum atomic E-state index is 12.5. The highest BCUT2D eigenvalue weighted by molar-refractivity contribution is 5.85. The van der Waals surface area contributed by atoms with Gasteiger partial charge in [0.05, 0.1) is 30.8 Å². The molecule has 25 heavy (non-hydrogen) atoms. The number of fused-ring (bicyclic) bond motifs is 1. The van der Waals surface area contributed by atoms with Gasteiger partial charge in [0.25, 0.3) is 5.56 Å². The van der Waals surface area contributed by atoms with Crippen molar-refractivity contribution in [3.8, 4) is 11.5 Å². The number of benzene rings is 2. The van der Waals surface area contributed by atoms with Crippen LogP contribution in [0.25, 0.3) is 10.9 Å². The molecule has 3 aromatic rings. The Morgan fingerprint density at radius 2 is 1.96 bits per heavy atom. The fourth-order valence-electron chi connectivity index (χ4n) is 2.50. The highest BCUT2D eigenvalue weighted by atomic mass is 16.5. The monoisotopic (exact) mass is 339 g/mol. The lowest BCUT2D eigenvalue weighted by molar-refractivity contribution is 0.310. The van der Waals surface area contributed by atoms with Crippen molar-refractivity contribution in [1.82, 2.24) is 9.66 Å². The number of aromatic nitrogens is 2. The quantitative estimate of drug-likeness (QED) is 0.720. The average molecular weight is 339 g/mol. The fourth-order valence-corrected chi connectivity index (χ4v) is 2.50. The van der Waals surface area contributed by atoms with Crippen LogP contribution < -0.4 is 20.7 Å². The number of ether oxygens (including phenoxy) is 2. The molecule has 0 spiro atoms. The first-order chi connectivity index (χ1) is 12.2. The molecule has 0 radical (unpaired) electrons. The molecule has 0 saturated carbocycles. The zero-order valence-corrected chi connectivity index (χ0v) is 13.9. The van der Waals surface area contributed by atoms with Gasteiger partial charge < -0.3 is 14.5 Å². The SMILES string of the molecule is CCOc1cccc(C=Nn2c(=O)[nH]c3ccccc3c2=O)c1OC. The summed E-state index contributed by atoms with van der Waals surface area (Å²) in [6.45, 7) is 2.36. The molecule has 7 nitrogen and oxygen atoms in total. The van der Waals surface area contributed by atoms with E-state index in [0.717, 1.165) is 4.68 Å². The van der Waals surface area contributed by atoms with Crippen LogP contribution in [-0.2, 0) is 0 Å². The van der Waals surface area contributed by atoms with Crippen molar-refractivity contribution >= 4 is 17.1 Å². The van der Waals surface area contributed by atoms with Crippen molar-refractivity contribution in [2.45, 2.75) is 6.92 Å². The Bertz CT molecular complexity index is 1050. The summed E-state index contributed by atoms with van der Waals surface area (Å²) in [5, 5.41) is 4.42. The number of aromatic amines is 1. The van der Waals surface area contributed by atoms with E-state index in [2.05, 4.69) is 10.1 Å². The van der Waals surface area contributed by atoms with Gasteiger partial charge in [-0.05, 0) is 31.2 Å². The van der Waals surface area contributed by atoms with Crippen LogP contribution in [0.5, 0.6) is 11.5 Å². The molecule has 0 fully saturated rings. The first-order valence-electron chi connectivity index (χ1n) is 7.74. The van der Waals surface area contributed by atoms with E-state index in [1.807, 2.05) is 6.92 Å². The Kier molecular flexibility index (Phi) is 4.65. The van der Waals surface area contributed by atoms with Gasteiger partial charge in [-0.2, -0.15) is 5.10 Å². The predicted molar refractivity (Wildman–Crippen MR) is 96.0 cm³/mol. The number of hydrogen-bond acceptors (Lipinski definition) is 5. The van der Waals surface area contributed by atoms with Gasteiger partial charge in [-0.1, -0.05) is 18.2 Å². The summed E-state index contributed by atoms with van der Waals surface area (Å²) in [5.74, 6) is 1.05. The van der Waals surface area contributed by atoms with Crippen LogP contribution in [0, 0.1) is 0 Å². The van der Waals surface area contributed by atoms with Gasteiger partial charge in [0, 0.05) is 5.56 Å². The summed E-state index contributed by atoms with van der Waals surface area (Å²) in [6.07, 6.45) is 1.40. The maximum Gasteiger partial charge on any atom is 0.349 e. The smallest absolute Gasteiger partial charge is 0.349 e. The van der Waals surface area contributed by atoms with Gasteiger partial charge in [-0.3, -0.25) is 4.79 Å². The molecule has 1 heterocycles. The van der Waals surface area contributed by atoms with E-state index < -0.39 is 11.2 Å². The van der Waals surface area contributed by atoms with E-state index in [4.69, 9.17) is 9.47 Å². The Hall–Kier alpha value is -3.35. The van der Waals surface area contributed by atoms with Crippen molar-refractivity contribution in [1.29, 1.82) is 0 Å². The summed E-state index contributed by atoms with van der Waals surface area (Å²) < 4.78 is 11.6. The standard InChI is InChI=1S/C18H17N3O4/c1-3-25-15-10-6-7-12(16(15)24-2)11-19-21-17(22)13-8-4-5-9-14(13)20-18(21)23/h4-11H,3H2,1-2H3,(H,20,23). The third kappa shape index (κ3) is 3.16. The summed E-state index contributed by atoms with van der Waals surface area (Å²) in [5.41, 5.74) is -0.0387. The number of rotatable bonds is 5. The van der Waals surface area contributed by atoms with Crippen molar-refractivity contribution in [3.05, 3.63) is 68.9 Å².